The first-order valence-electron chi connectivity index (χ1n) is 3.20. The van der Waals surface area contributed by atoms with Crippen LogP contribution in [0.5, 0.6) is 0 Å². The fourth-order valence-electron chi connectivity index (χ4n) is 0.298. The van der Waals surface area contributed by atoms with Gasteiger partial charge in [-0.05, 0) is 0 Å². The van der Waals surface area contributed by atoms with E-state index < -0.39 is 22.9 Å². The summed E-state index contributed by atoms with van der Waals surface area (Å²) in [7, 11) is 0. The van der Waals surface area contributed by atoms with Crippen LogP contribution < -0.4 is 11.5 Å². The molecule has 0 spiro atoms. The summed E-state index contributed by atoms with van der Waals surface area (Å²) in [5.41, 5.74) is 10.5. The summed E-state index contributed by atoms with van der Waals surface area (Å²) in [4.78, 5) is 19.7. The topological polar surface area (TPSA) is 127 Å². The van der Waals surface area contributed by atoms with Crippen molar-refractivity contribution in [1.82, 2.24) is 0 Å². The van der Waals surface area contributed by atoms with Crippen molar-refractivity contribution in [3.05, 3.63) is 0 Å². The van der Waals surface area contributed by atoms with E-state index >= 15 is 0 Å². The summed E-state index contributed by atoms with van der Waals surface area (Å²) in [5.74, 6) is -2.09. The van der Waals surface area contributed by atoms with Gasteiger partial charge in [0, 0.05) is 0 Å². The minimum absolute atomic E-state index is 0.0669. The molecule has 0 heterocycles. The predicted molar refractivity (Wildman–Crippen MR) is 47.5 cm³/mol. The van der Waals surface area contributed by atoms with Crippen LogP contribution >= 0.6 is 0 Å². The third kappa shape index (κ3) is 6.04. The van der Waals surface area contributed by atoms with E-state index in [1.807, 2.05) is 0 Å². The standard InChI is InChI=1S/C5H10N2O4Se2/c6-2(4(8)9)1-12-13-3(7)5(10)11/h2-3H,1,6-7H2,(H,8,9)(H,10,11). The second kappa shape index (κ2) is 6.37. The van der Waals surface area contributed by atoms with Crippen molar-refractivity contribution in [3.8, 4) is 0 Å². The molecule has 0 bridgehead atoms. The summed E-state index contributed by atoms with van der Waals surface area (Å²) in [6.45, 7) is 0. The Morgan fingerprint density at radius 3 is 2.15 bits per heavy atom. The van der Waals surface area contributed by atoms with E-state index in [1.54, 1.807) is 0 Å². The average Bonchev–Trinajstić information content (AvgIpc) is 2.03. The third-order valence-electron chi connectivity index (χ3n) is 0.980. The number of carboxylic acid groups (broad SMARTS) is 2. The van der Waals surface area contributed by atoms with Crippen LogP contribution in [-0.2, 0) is 9.59 Å². The number of hydrogen-bond donors (Lipinski definition) is 4. The second-order valence-corrected chi connectivity index (χ2v) is 9.42. The van der Waals surface area contributed by atoms with Gasteiger partial charge in [0.15, 0.2) is 0 Å². The van der Waals surface area contributed by atoms with Crippen molar-refractivity contribution in [2.24, 2.45) is 11.5 Å². The molecule has 0 aliphatic rings. The first-order valence-corrected chi connectivity index (χ1v) is 9.73. The molecule has 0 rings (SSSR count). The molecule has 0 aromatic carbocycles. The molecule has 8 heteroatoms. The first-order chi connectivity index (χ1) is 5.95. The molecule has 6 nitrogen and oxygen atoms in total. The number of rotatable bonds is 6. The molecule has 0 aromatic heterocycles. The van der Waals surface area contributed by atoms with Crippen LogP contribution in [0.1, 0.15) is 0 Å². The van der Waals surface area contributed by atoms with Crippen molar-refractivity contribution in [2.75, 3.05) is 0 Å². The number of aliphatic carboxylic acids is 2. The van der Waals surface area contributed by atoms with Crippen LogP contribution in [0.2, 0.25) is 5.32 Å². The van der Waals surface area contributed by atoms with Gasteiger partial charge >= 0.3 is 85.8 Å². The summed E-state index contributed by atoms with van der Waals surface area (Å²) in [6.07, 6.45) is 0. The summed E-state index contributed by atoms with van der Waals surface area (Å²) >= 11 is -0.297. The Hall–Kier alpha value is -0.101. The van der Waals surface area contributed by atoms with E-state index in [-0.39, 0.29) is 26.3 Å². The van der Waals surface area contributed by atoms with Crippen molar-refractivity contribution < 1.29 is 19.8 Å². The molecule has 6 N–H and O–H groups in total. The van der Waals surface area contributed by atoms with E-state index in [9.17, 15) is 9.59 Å². The summed E-state index contributed by atoms with van der Waals surface area (Å²) in [5, 5.41) is 17.1. The van der Waals surface area contributed by atoms with Crippen molar-refractivity contribution in [2.45, 2.75) is 16.3 Å². The predicted octanol–water partition coefficient (Wildman–Crippen LogP) is -2.49. The Balaban J connectivity index is 3.56. The van der Waals surface area contributed by atoms with Gasteiger partial charge in [-0.3, -0.25) is 0 Å². The number of carboxylic acids is 2. The van der Waals surface area contributed by atoms with Crippen LogP contribution in [0.3, 0.4) is 0 Å². The number of nitrogens with two attached hydrogens (primary N) is 2. The second-order valence-electron chi connectivity index (χ2n) is 2.08. The molecule has 0 saturated carbocycles. The van der Waals surface area contributed by atoms with Crippen LogP contribution in [0.4, 0.5) is 0 Å². The Bertz CT molecular complexity index is 181. The van der Waals surface area contributed by atoms with Gasteiger partial charge in [-0.25, -0.2) is 0 Å². The number of carbonyl (C=O) groups is 2. The van der Waals surface area contributed by atoms with Gasteiger partial charge in [0.05, 0.1) is 0 Å². The monoisotopic (exact) mass is 322 g/mol. The van der Waals surface area contributed by atoms with Crippen LogP contribution in [0.15, 0.2) is 0 Å². The Morgan fingerprint density at radius 1 is 1.23 bits per heavy atom. The molecule has 0 aliphatic heterocycles. The van der Waals surface area contributed by atoms with Crippen molar-refractivity contribution >= 4 is 38.2 Å². The van der Waals surface area contributed by atoms with Gasteiger partial charge in [-0.2, -0.15) is 0 Å². The minimum atomic E-state index is -1.05. The Morgan fingerprint density at radius 2 is 1.77 bits per heavy atom. The maximum atomic E-state index is 10.3. The molecule has 0 aromatic rings. The van der Waals surface area contributed by atoms with E-state index in [0.717, 1.165) is 0 Å². The molecule has 2 atom stereocenters. The Labute approximate surface area is 85.9 Å². The number of hydrogen-bond acceptors (Lipinski definition) is 4. The maximum absolute atomic E-state index is 10.3. The van der Waals surface area contributed by atoms with Gasteiger partial charge in [-0.15, -0.1) is 0 Å². The molecular weight excluding hydrogens is 310 g/mol. The van der Waals surface area contributed by atoms with E-state index in [2.05, 4.69) is 0 Å². The van der Waals surface area contributed by atoms with Crippen molar-refractivity contribution in [1.29, 1.82) is 0 Å². The molecular formula is C5H10N2O4Se2. The fourth-order valence-corrected chi connectivity index (χ4v) is 6.50. The third-order valence-corrected chi connectivity index (χ3v) is 8.39. The molecule has 0 saturated heterocycles. The van der Waals surface area contributed by atoms with Gasteiger partial charge < -0.3 is 0 Å². The Kier molecular flexibility index (Phi) is 6.32. The first kappa shape index (κ1) is 12.9. The van der Waals surface area contributed by atoms with Gasteiger partial charge in [0.25, 0.3) is 0 Å². The summed E-state index contributed by atoms with van der Waals surface area (Å²) < 4.78 is 0. The van der Waals surface area contributed by atoms with E-state index in [4.69, 9.17) is 21.7 Å². The quantitative estimate of drug-likeness (QED) is 0.401. The molecule has 76 valence electrons. The molecule has 13 heavy (non-hydrogen) atoms. The zero-order valence-electron chi connectivity index (χ0n) is 6.54. The molecule has 2 unspecified atom stereocenters. The van der Waals surface area contributed by atoms with Crippen molar-refractivity contribution in [3.63, 3.8) is 0 Å². The van der Waals surface area contributed by atoms with Crippen LogP contribution in [0, 0.1) is 0 Å². The van der Waals surface area contributed by atoms with E-state index in [0.29, 0.717) is 5.32 Å². The summed E-state index contributed by atoms with van der Waals surface area (Å²) in [6, 6.07) is -0.886. The van der Waals surface area contributed by atoms with Crippen LogP contribution in [-0.4, -0.2) is 59.4 Å². The van der Waals surface area contributed by atoms with Gasteiger partial charge in [-0.1, -0.05) is 0 Å². The molecule has 0 aliphatic carbocycles. The SMILES string of the molecule is NC(C[Se][Se]C(N)C(=O)O)C(=O)O. The molecule has 0 fully saturated rings. The van der Waals surface area contributed by atoms with Crippen LogP contribution in [0.25, 0.3) is 0 Å². The van der Waals surface area contributed by atoms with Gasteiger partial charge in [0.1, 0.15) is 0 Å². The fraction of sp³-hybridized carbons (Fsp3) is 0.600. The molecule has 0 radical (unpaired) electrons. The zero-order valence-corrected chi connectivity index (χ0v) is 9.97. The molecule has 0 amide bonds. The average molecular weight is 320 g/mol. The zero-order chi connectivity index (χ0) is 10.4. The normalized spacial score (nSPS) is 14.9. The van der Waals surface area contributed by atoms with E-state index in [1.165, 1.54) is 0 Å². The van der Waals surface area contributed by atoms with Gasteiger partial charge in [0.2, 0.25) is 0 Å².